The summed E-state index contributed by atoms with van der Waals surface area (Å²) in [5.41, 5.74) is 1.78. The van der Waals surface area contributed by atoms with E-state index in [1.165, 1.54) is 16.4 Å². The van der Waals surface area contributed by atoms with E-state index in [0.717, 1.165) is 11.1 Å². The van der Waals surface area contributed by atoms with Crippen LogP contribution in [0, 0.1) is 0 Å². The van der Waals surface area contributed by atoms with Crippen LogP contribution in [-0.4, -0.2) is 26.5 Å². The van der Waals surface area contributed by atoms with E-state index < -0.39 is 17.2 Å². The Morgan fingerprint density at radius 3 is 2.41 bits per heavy atom. The highest BCUT2D eigenvalue weighted by Crippen LogP contribution is 2.30. The fourth-order valence-corrected chi connectivity index (χ4v) is 4.21. The number of carbonyl (C=O) groups excluding carboxylic acids is 1. The van der Waals surface area contributed by atoms with Gasteiger partial charge in [0.15, 0.2) is 0 Å². The molecule has 0 aliphatic carbocycles. The summed E-state index contributed by atoms with van der Waals surface area (Å²) < 4.78 is 6.74. The molecule has 0 atom stereocenters. The summed E-state index contributed by atoms with van der Waals surface area (Å²) in [6.07, 6.45) is 2.78. The minimum Gasteiger partial charge on any atom is -0.444 e. The average molecular weight is 501 g/mol. The van der Waals surface area contributed by atoms with Crippen LogP contribution in [0.2, 0.25) is 5.02 Å². The third-order valence-corrected chi connectivity index (χ3v) is 6.16. The molecule has 2 heterocycles. The Kier molecular flexibility index (Phi) is 7.73. The number of amides is 1. The maximum Gasteiger partial charge on any atom is 0.412 e. The lowest BCUT2D eigenvalue weighted by molar-refractivity contribution is 0.0636. The molecule has 1 amide bonds. The van der Waals surface area contributed by atoms with Crippen molar-refractivity contribution in [3.05, 3.63) is 69.7 Å². The number of nitrogens with zero attached hydrogens (tertiary/aromatic N) is 3. The summed E-state index contributed by atoms with van der Waals surface area (Å²) in [7, 11) is 0. The number of hydrogen-bond acceptors (Lipinski definition) is 6. The molecule has 0 radical (unpaired) electrons. The van der Waals surface area contributed by atoms with Crippen molar-refractivity contribution in [2.75, 3.05) is 5.32 Å². The minimum atomic E-state index is -0.594. The quantitative estimate of drug-likeness (QED) is 0.410. The number of thioether (sulfide) groups is 1. The molecule has 180 valence electrons. The maximum absolute atomic E-state index is 12.5. The molecule has 34 heavy (non-hydrogen) atoms. The normalized spacial score (nSPS) is 11.9. The summed E-state index contributed by atoms with van der Waals surface area (Å²) in [5.74, 6) is 0.617. The highest BCUT2D eigenvalue weighted by molar-refractivity contribution is 7.98. The van der Waals surface area contributed by atoms with Gasteiger partial charge in [-0.3, -0.25) is 15.1 Å². The minimum absolute atomic E-state index is 0.179. The first kappa shape index (κ1) is 25.8. The van der Waals surface area contributed by atoms with Gasteiger partial charge in [0, 0.05) is 17.5 Å². The molecular weight excluding hydrogens is 472 g/mol. The summed E-state index contributed by atoms with van der Waals surface area (Å²) >= 11 is 7.78. The topological polar surface area (TPSA) is 86.1 Å². The summed E-state index contributed by atoms with van der Waals surface area (Å²) in [5, 5.41) is 7.23. The SMILES string of the molecule is CC(C)(C)OC(=O)Nc1cccnc1-c1ccc(CSc2cnn(C(C)(C)C)c(=O)c2Cl)cc1. The molecule has 0 bridgehead atoms. The van der Waals surface area contributed by atoms with Gasteiger partial charge in [-0.1, -0.05) is 35.9 Å². The predicted molar refractivity (Wildman–Crippen MR) is 138 cm³/mol. The van der Waals surface area contributed by atoms with Crippen LogP contribution in [0.5, 0.6) is 0 Å². The fourth-order valence-electron chi connectivity index (χ4n) is 3.07. The van der Waals surface area contributed by atoms with Crippen LogP contribution in [-0.2, 0) is 16.0 Å². The van der Waals surface area contributed by atoms with E-state index in [9.17, 15) is 9.59 Å². The first-order valence-corrected chi connectivity index (χ1v) is 12.2. The number of rotatable bonds is 5. The number of hydrogen-bond donors (Lipinski definition) is 1. The first-order valence-electron chi connectivity index (χ1n) is 10.8. The zero-order chi connectivity index (χ0) is 25.1. The van der Waals surface area contributed by atoms with E-state index >= 15 is 0 Å². The Morgan fingerprint density at radius 2 is 1.79 bits per heavy atom. The molecule has 0 unspecified atom stereocenters. The zero-order valence-corrected chi connectivity index (χ0v) is 21.8. The van der Waals surface area contributed by atoms with Gasteiger partial charge in [0.2, 0.25) is 0 Å². The molecule has 0 spiro atoms. The second-order valence-corrected chi connectivity index (χ2v) is 11.1. The van der Waals surface area contributed by atoms with Crippen molar-refractivity contribution >= 4 is 35.1 Å². The molecule has 3 rings (SSSR count). The van der Waals surface area contributed by atoms with Crippen LogP contribution >= 0.6 is 23.4 Å². The number of anilines is 1. The van der Waals surface area contributed by atoms with Gasteiger partial charge in [0.05, 0.1) is 28.0 Å². The largest absolute Gasteiger partial charge is 0.444 e. The van der Waals surface area contributed by atoms with E-state index in [1.807, 2.05) is 65.8 Å². The van der Waals surface area contributed by atoms with Crippen LogP contribution in [0.4, 0.5) is 10.5 Å². The van der Waals surface area contributed by atoms with Crippen molar-refractivity contribution in [1.29, 1.82) is 0 Å². The molecule has 2 aromatic heterocycles. The highest BCUT2D eigenvalue weighted by Gasteiger charge is 2.20. The molecule has 1 N–H and O–H groups in total. The fraction of sp³-hybridized carbons (Fsp3) is 0.360. The van der Waals surface area contributed by atoms with Crippen molar-refractivity contribution in [2.45, 2.75) is 63.3 Å². The molecule has 0 saturated carbocycles. The second kappa shape index (κ2) is 10.2. The van der Waals surface area contributed by atoms with Crippen molar-refractivity contribution in [1.82, 2.24) is 14.8 Å². The molecule has 3 aromatic rings. The first-order chi connectivity index (χ1) is 15.8. The van der Waals surface area contributed by atoms with Gasteiger partial charge in [0.25, 0.3) is 5.56 Å². The van der Waals surface area contributed by atoms with Crippen LogP contribution in [0.3, 0.4) is 0 Å². The molecular formula is C25H29ClN4O3S. The third-order valence-electron chi connectivity index (χ3n) is 4.59. The molecule has 0 saturated heterocycles. The Balaban J connectivity index is 1.73. The smallest absolute Gasteiger partial charge is 0.412 e. The molecule has 0 aliphatic heterocycles. The van der Waals surface area contributed by atoms with Crippen LogP contribution in [0.25, 0.3) is 11.3 Å². The number of pyridine rings is 1. The lowest BCUT2D eigenvalue weighted by Gasteiger charge is -2.21. The average Bonchev–Trinajstić information content (AvgIpc) is 2.73. The van der Waals surface area contributed by atoms with Gasteiger partial charge in [0.1, 0.15) is 10.6 Å². The van der Waals surface area contributed by atoms with Crippen molar-refractivity contribution < 1.29 is 9.53 Å². The van der Waals surface area contributed by atoms with Crippen molar-refractivity contribution in [3.8, 4) is 11.3 Å². The summed E-state index contributed by atoms with van der Waals surface area (Å²) in [6, 6.07) is 11.4. The van der Waals surface area contributed by atoms with Crippen molar-refractivity contribution in [2.24, 2.45) is 0 Å². The van der Waals surface area contributed by atoms with E-state index in [-0.39, 0.29) is 10.6 Å². The second-order valence-electron chi connectivity index (χ2n) is 9.72. The Hall–Kier alpha value is -2.84. The molecule has 7 nitrogen and oxygen atoms in total. The van der Waals surface area contributed by atoms with Gasteiger partial charge in [-0.05, 0) is 59.2 Å². The lowest BCUT2D eigenvalue weighted by Crippen LogP contribution is -2.36. The Bertz CT molecular complexity index is 1230. The number of ether oxygens (including phenoxy) is 1. The molecule has 0 fully saturated rings. The van der Waals surface area contributed by atoms with Gasteiger partial charge in [-0.25, -0.2) is 9.48 Å². The number of benzene rings is 1. The predicted octanol–water partition coefficient (Wildman–Crippen LogP) is 6.35. The standard InChI is InChI=1S/C25H29ClN4O3S/c1-24(2,3)30-22(31)20(26)19(14-28-30)34-15-16-9-11-17(12-10-16)21-18(8-7-13-27-21)29-23(32)33-25(4,5)6/h7-14H,15H2,1-6H3,(H,29,32). The van der Waals surface area contributed by atoms with Crippen LogP contribution in [0.1, 0.15) is 47.1 Å². The summed E-state index contributed by atoms with van der Waals surface area (Å²) in [6.45, 7) is 11.2. The number of aromatic nitrogens is 3. The molecule has 0 aliphatic rings. The van der Waals surface area contributed by atoms with E-state index in [2.05, 4.69) is 15.4 Å². The van der Waals surface area contributed by atoms with Crippen LogP contribution in [0.15, 0.2) is 58.5 Å². The Labute approximate surface area is 208 Å². The molecule has 9 heteroatoms. The van der Waals surface area contributed by atoms with Gasteiger partial charge < -0.3 is 4.74 Å². The van der Waals surface area contributed by atoms with Gasteiger partial charge in [-0.2, -0.15) is 5.10 Å². The summed E-state index contributed by atoms with van der Waals surface area (Å²) in [4.78, 5) is 29.8. The monoisotopic (exact) mass is 500 g/mol. The lowest BCUT2D eigenvalue weighted by atomic mass is 10.1. The third kappa shape index (κ3) is 6.61. The van der Waals surface area contributed by atoms with Crippen LogP contribution < -0.4 is 10.9 Å². The van der Waals surface area contributed by atoms with Crippen molar-refractivity contribution in [3.63, 3.8) is 0 Å². The molecule has 1 aromatic carbocycles. The number of nitrogens with one attached hydrogen (secondary N) is 1. The van der Waals surface area contributed by atoms with Gasteiger partial charge in [-0.15, -0.1) is 11.8 Å². The zero-order valence-electron chi connectivity index (χ0n) is 20.2. The van der Waals surface area contributed by atoms with Gasteiger partial charge >= 0.3 is 6.09 Å². The van der Waals surface area contributed by atoms with E-state index in [0.29, 0.717) is 22.0 Å². The van der Waals surface area contributed by atoms with E-state index in [4.69, 9.17) is 16.3 Å². The highest BCUT2D eigenvalue weighted by atomic mass is 35.5. The maximum atomic E-state index is 12.5. The number of halogens is 1. The van der Waals surface area contributed by atoms with E-state index in [1.54, 1.807) is 24.5 Å². The number of carbonyl (C=O) groups is 1. The Morgan fingerprint density at radius 1 is 1.12 bits per heavy atom.